The van der Waals surface area contributed by atoms with Gasteiger partial charge in [-0.3, -0.25) is 4.21 Å². The number of nitrogens with one attached hydrogen (secondary N) is 1. The van der Waals surface area contributed by atoms with Crippen LogP contribution in [0.5, 0.6) is 0 Å². The molecule has 1 atom stereocenters. The lowest BCUT2D eigenvalue weighted by atomic mass is 10.1. The lowest BCUT2D eigenvalue weighted by Crippen LogP contribution is -2.02. The van der Waals surface area contributed by atoms with Crippen LogP contribution in [0.4, 0.5) is 5.69 Å². The maximum atomic E-state index is 10.6. The zero-order valence-corrected chi connectivity index (χ0v) is 9.14. The molecule has 1 unspecified atom stereocenters. The molecule has 2 rings (SSSR count). The fourth-order valence-electron chi connectivity index (χ4n) is 1.45. The third-order valence-electron chi connectivity index (χ3n) is 2.02. The lowest BCUT2D eigenvalue weighted by Gasteiger charge is -2.11. The molecule has 1 N–H and O–H groups in total. The largest absolute Gasteiger partial charge is 0.755 e. The van der Waals surface area contributed by atoms with Gasteiger partial charge >= 0.3 is 0 Å². The highest BCUT2D eigenvalue weighted by Gasteiger charge is 2.02. The molecule has 0 aliphatic heterocycles. The molecule has 0 aliphatic carbocycles. The van der Waals surface area contributed by atoms with Crippen molar-refractivity contribution in [2.75, 3.05) is 4.72 Å². The Morgan fingerprint density at radius 1 is 1.27 bits per heavy atom. The van der Waals surface area contributed by atoms with E-state index in [9.17, 15) is 8.76 Å². The summed E-state index contributed by atoms with van der Waals surface area (Å²) in [6.07, 6.45) is 0. The molecule has 0 fully saturated rings. The second-order valence-electron chi connectivity index (χ2n) is 3.01. The summed E-state index contributed by atoms with van der Waals surface area (Å²) in [5, 5.41) is 2.23. The number of benzene rings is 2. The molecule has 5 heteroatoms. The number of hydrogen-bond acceptors (Lipinski definition) is 2. The van der Waals surface area contributed by atoms with Crippen LogP contribution in [-0.4, -0.2) is 8.76 Å². The van der Waals surface area contributed by atoms with Crippen LogP contribution in [0.2, 0.25) is 5.02 Å². The summed E-state index contributed by atoms with van der Waals surface area (Å²) in [7, 11) is 0. The second-order valence-corrected chi connectivity index (χ2v) is 4.12. The zero-order chi connectivity index (χ0) is 10.8. The van der Waals surface area contributed by atoms with Gasteiger partial charge in [0.2, 0.25) is 0 Å². The van der Waals surface area contributed by atoms with E-state index in [2.05, 4.69) is 4.72 Å². The van der Waals surface area contributed by atoms with Gasteiger partial charge in [0.05, 0.1) is 5.69 Å². The van der Waals surface area contributed by atoms with E-state index in [0.717, 1.165) is 10.8 Å². The molecule has 2 aromatic carbocycles. The highest BCUT2D eigenvalue weighted by Crippen LogP contribution is 2.27. The molecule has 0 bridgehead atoms. The van der Waals surface area contributed by atoms with Crippen LogP contribution in [0.15, 0.2) is 36.4 Å². The Balaban J connectivity index is 2.65. The zero-order valence-electron chi connectivity index (χ0n) is 7.57. The predicted octanol–water partition coefficient (Wildman–Crippen LogP) is 2.70. The fraction of sp³-hybridized carbons (Fsp3) is 0. The first-order valence-corrected chi connectivity index (χ1v) is 5.66. The second kappa shape index (κ2) is 4.18. The van der Waals surface area contributed by atoms with Crippen LogP contribution >= 0.6 is 11.6 Å². The van der Waals surface area contributed by atoms with Crippen molar-refractivity contribution in [3.05, 3.63) is 41.4 Å². The smallest absolute Gasteiger partial charge is 0.0545 e. The number of anilines is 1. The van der Waals surface area contributed by atoms with Crippen molar-refractivity contribution < 1.29 is 8.76 Å². The van der Waals surface area contributed by atoms with Gasteiger partial charge in [-0.1, -0.05) is 35.9 Å². The SMILES string of the molecule is O=S([O-])Nc1cc(Cl)cc2ccccc12. The Labute approximate surface area is 94.5 Å². The molecule has 15 heavy (non-hydrogen) atoms. The Kier molecular flexibility index (Phi) is 2.90. The van der Waals surface area contributed by atoms with Crippen molar-refractivity contribution in [1.82, 2.24) is 0 Å². The van der Waals surface area contributed by atoms with Gasteiger partial charge in [-0.2, -0.15) is 0 Å². The Bertz CT molecular complexity index is 530. The molecule has 0 saturated heterocycles. The van der Waals surface area contributed by atoms with Crippen molar-refractivity contribution in [2.45, 2.75) is 0 Å². The first-order chi connectivity index (χ1) is 7.16. The minimum absolute atomic E-state index is 0.492. The quantitative estimate of drug-likeness (QED) is 0.821. The molecule has 2 aromatic rings. The summed E-state index contributed by atoms with van der Waals surface area (Å²) >= 11 is 3.53. The van der Waals surface area contributed by atoms with E-state index in [1.165, 1.54) is 0 Å². The lowest BCUT2D eigenvalue weighted by molar-refractivity contribution is 0.542. The first-order valence-electron chi connectivity index (χ1n) is 4.21. The number of rotatable bonds is 2. The van der Waals surface area contributed by atoms with E-state index >= 15 is 0 Å². The minimum Gasteiger partial charge on any atom is -0.755 e. The van der Waals surface area contributed by atoms with Gasteiger partial charge in [0.1, 0.15) is 0 Å². The third kappa shape index (κ3) is 2.28. The van der Waals surface area contributed by atoms with Gasteiger partial charge in [0, 0.05) is 21.7 Å². The molecule has 0 radical (unpaired) electrons. The summed E-state index contributed by atoms with van der Waals surface area (Å²) in [6.45, 7) is 0. The molecule has 0 aromatic heterocycles. The Morgan fingerprint density at radius 3 is 2.73 bits per heavy atom. The topological polar surface area (TPSA) is 52.2 Å². The van der Waals surface area contributed by atoms with Crippen molar-refractivity contribution in [3.8, 4) is 0 Å². The average molecular weight is 241 g/mol. The van der Waals surface area contributed by atoms with Gasteiger partial charge in [0.25, 0.3) is 0 Å². The molecule has 0 heterocycles. The van der Waals surface area contributed by atoms with Crippen LogP contribution in [0.25, 0.3) is 10.8 Å². The van der Waals surface area contributed by atoms with E-state index in [1.807, 2.05) is 24.3 Å². The summed E-state index contributed by atoms with van der Waals surface area (Å²) in [6, 6.07) is 10.8. The molecule has 3 nitrogen and oxygen atoms in total. The van der Waals surface area contributed by atoms with Crippen molar-refractivity contribution in [3.63, 3.8) is 0 Å². The standard InChI is InChI=1S/C10H8ClNO2S/c11-8-5-7-3-1-2-4-9(7)10(6-8)12-15(13)14/h1-6,12H,(H,13,14)/p-1. The van der Waals surface area contributed by atoms with Crippen LogP contribution in [0.3, 0.4) is 0 Å². The van der Waals surface area contributed by atoms with Gasteiger partial charge < -0.3 is 9.27 Å². The van der Waals surface area contributed by atoms with Gasteiger partial charge in [-0.05, 0) is 17.5 Å². The molecule has 0 aliphatic rings. The Hall–Kier alpha value is -1.10. The average Bonchev–Trinajstić information content (AvgIpc) is 2.16. The van der Waals surface area contributed by atoms with Gasteiger partial charge in [-0.25, -0.2) is 0 Å². The van der Waals surface area contributed by atoms with Crippen molar-refractivity contribution in [1.29, 1.82) is 0 Å². The van der Waals surface area contributed by atoms with Crippen LogP contribution in [0.1, 0.15) is 0 Å². The van der Waals surface area contributed by atoms with Crippen LogP contribution in [-0.2, 0) is 11.3 Å². The van der Waals surface area contributed by atoms with Crippen molar-refractivity contribution in [2.24, 2.45) is 0 Å². The molecule has 0 spiro atoms. The van der Waals surface area contributed by atoms with E-state index in [1.54, 1.807) is 12.1 Å². The van der Waals surface area contributed by atoms with Crippen LogP contribution in [0, 0.1) is 0 Å². The molecule has 0 saturated carbocycles. The van der Waals surface area contributed by atoms with E-state index in [4.69, 9.17) is 11.6 Å². The van der Waals surface area contributed by atoms with Crippen LogP contribution < -0.4 is 4.72 Å². The number of halogens is 1. The Morgan fingerprint density at radius 2 is 2.00 bits per heavy atom. The van der Waals surface area contributed by atoms with Gasteiger partial charge in [0.15, 0.2) is 0 Å². The van der Waals surface area contributed by atoms with E-state index in [-0.39, 0.29) is 0 Å². The summed E-state index contributed by atoms with van der Waals surface area (Å²) in [4.78, 5) is 0. The number of hydrogen-bond donors (Lipinski definition) is 1. The minimum atomic E-state index is -2.34. The van der Waals surface area contributed by atoms with E-state index in [0.29, 0.717) is 10.7 Å². The molecular weight excluding hydrogens is 234 g/mol. The summed E-state index contributed by atoms with van der Waals surface area (Å²) in [5.41, 5.74) is 0.492. The highest BCUT2D eigenvalue weighted by atomic mass is 35.5. The maximum Gasteiger partial charge on any atom is 0.0545 e. The van der Waals surface area contributed by atoms with E-state index < -0.39 is 11.3 Å². The van der Waals surface area contributed by atoms with Gasteiger partial charge in [-0.15, -0.1) is 0 Å². The molecular formula is C10H7ClNO2S-. The third-order valence-corrected chi connectivity index (χ3v) is 2.62. The summed E-state index contributed by atoms with van der Waals surface area (Å²) in [5.74, 6) is 0. The summed E-state index contributed by atoms with van der Waals surface area (Å²) < 4.78 is 23.5. The molecule has 78 valence electrons. The fourth-order valence-corrected chi connectivity index (χ4v) is 2.02. The molecule has 0 amide bonds. The monoisotopic (exact) mass is 240 g/mol. The normalized spacial score (nSPS) is 12.7. The maximum absolute atomic E-state index is 10.6. The first kappa shape index (κ1) is 10.4. The highest BCUT2D eigenvalue weighted by molar-refractivity contribution is 7.80. The number of fused-ring (bicyclic) bond motifs is 1. The predicted molar refractivity (Wildman–Crippen MR) is 61.5 cm³/mol. The van der Waals surface area contributed by atoms with Crippen molar-refractivity contribution >= 4 is 39.3 Å².